The standard InChI is InChI=1S/C15H19N3O4.ClH/c1-22-14-8-10(2-3-13(14)18(20)21)15(19)17-7-5-12-11(9-17)4-6-16-12;/h2-3,8,11-12,16H,4-7,9H2,1H3;1H. The molecule has 0 spiro atoms. The molecule has 7 nitrogen and oxygen atoms in total. The second kappa shape index (κ2) is 7.14. The molecule has 2 aliphatic rings. The van der Waals surface area contributed by atoms with Crippen molar-refractivity contribution in [2.45, 2.75) is 18.9 Å². The number of carbonyl (C=O) groups excluding carboxylic acids is 1. The molecule has 2 fully saturated rings. The largest absolute Gasteiger partial charge is 0.490 e. The number of methoxy groups -OCH3 is 1. The lowest BCUT2D eigenvalue weighted by molar-refractivity contribution is -0.385. The number of carbonyl (C=O) groups is 1. The number of likely N-dealkylation sites (tertiary alicyclic amines) is 1. The summed E-state index contributed by atoms with van der Waals surface area (Å²) >= 11 is 0. The summed E-state index contributed by atoms with van der Waals surface area (Å²) < 4.78 is 5.03. The van der Waals surface area contributed by atoms with Crippen molar-refractivity contribution in [2.75, 3.05) is 26.7 Å². The molecule has 2 saturated heterocycles. The van der Waals surface area contributed by atoms with Gasteiger partial charge in [-0.25, -0.2) is 0 Å². The van der Waals surface area contributed by atoms with Crippen LogP contribution in [-0.4, -0.2) is 48.5 Å². The lowest BCUT2D eigenvalue weighted by Crippen LogP contribution is -2.46. The van der Waals surface area contributed by atoms with Crippen LogP contribution in [0.25, 0.3) is 0 Å². The molecule has 0 saturated carbocycles. The first kappa shape index (κ1) is 17.5. The third kappa shape index (κ3) is 3.40. The number of halogens is 1. The van der Waals surface area contributed by atoms with Gasteiger partial charge in [0.25, 0.3) is 5.91 Å². The second-order valence-corrected chi connectivity index (χ2v) is 5.79. The average Bonchev–Trinajstić information content (AvgIpc) is 3.00. The zero-order valence-electron chi connectivity index (χ0n) is 12.9. The SMILES string of the molecule is COc1cc(C(=O)N2CCC3NCCC3C2)ccc1[N+](=O)[O-].Cl. The number of benzene rings is 1. The van der Waals surface area contributed by atoms with E-state index in [1.807, 2.05) is 4.90 Å². The first-order valence-electron chi connectivity index (χ1n) is 7.45. The summed E-state index contributed by atoms with van der Waals surface area (Å²) in [4.78, 5) is 24.9. The normalized spacial score (nSPS) is 22.9. The van der Waals surface area contributed by atoms with Crippen LogP contribution in [0.2, 0.25) is 0 Å². The van der Waals surface area contributed by atoms with Gasteiger partial charge in [-0.3, -0.25) is 14.9 Å². The van der Waals surface area contributed by atoms with Gasteiger partial charge in [-0.05, 0) is 31.4 Å². The molecule has 126 valence electrons. The Balaban J connectivity index is 0.00000192. The lowest BCUT2D eigenvalue weighted by atomic mass is 9.93. The quantitative estimate of drug-likeness (QED) is 0.670. The van der Waals surface area contributed by atoms with Crippen LogP contribution in [-0.2, 0) is 0 Å². The fraction of sp³-hybridized carbons (Fsp3) is 0.533. The number of nitro groups is 1. The van der Waals surface area contributed by atoms with Gasteiger partial charge in [0, 0.05) is 36.8 Å². The minimum absolute atomic E-state index is 0. The Morgan fingerprint density at radius 2 is 2.22 bits per heavy atom. The Kier molecular flexibility index (Phi) is 5.43. The van der Waals surface area contributed by atoms with E-state index in [4.69, 9.17) is 4.74 Å². The molecular weight excluding hydrogens is 322 g/mol. The van der Waals surface area contributed by atoms with E-state index in [9.17, 15) is 14.9 Å². The highest BCUT2D eigenvalue weighted by molar-refractivity contribution is 5.95. The summed E-state index contributed by atoms with van der Waals surface area (Å²) in [5, 5.41) is 14.4. The van der Waals surface area contributed by atoms with Crippen LogP contribution in [0.1, 0.15) is 23.2 Å². The van der Waals surface area contributed by atoms with Crippen LogP contribution in [0.4, 0.5) is 5.69 Å². The van der Waals surface area contributed by atoms with Crippen molar-refractivity contribution in [1.82, 2.24) is 10.2 Å². The maximum Gasteiger partial charge on any atom is 0.310 e. The molecule has 2 heterocycles. The average molecular weight is 342 g/mol. The van der Waals surface area contributed by atoms with Gasteiger partial charge >= 0.3 is 5.69 Å². The molecule has 2 atom stereocenters. The van der Waals surface area contributed by atoms with Gasteiger partial charge in [0.1, 0.15) is 0 Å². The number of piperidine rings is 1. The van der Waals surface area contributed by atoms with Crippen LogP contribution < -0.4 is 10.1 Å². The van der Waals surface area contributed by atoms with E-state index in [0.29, 0.717) is 24.1 Å². The smallest absolute Gasteiger partial charge is 0.310 e. The second-order valence-electron chi connectivity index (χ2n) is 5.79. The highest BCUT2D eigenvalue weighted by Gasteiger charge is 2.34. The fourth-order valence-electron chi connectivity index (χ4n) is 3.38. The van der Waals surface area contributed by atoms with Crippen molar-refractivity contribution in [3.05, 3.63) is 33.9 Å². The molecule has 8 heteroatoms. The highest BCUT2D eigenvalue weighted by Crippen LogP contribution is 2.30. The van der Waals surface area contributed by atoms with Crippen LogP contribution >= 0.6 is 12.4 Å². The van der Waals surface area contributed by atoms with Crippen LogP contribution in [0.3, 0.4) is 0 Å². The number of nitrogens with one attached hydrogen (secondary N) is 1. The Hall–Kier alpha value is -1.86. The number of ether oxygens (including phenoxy) is 1. The number of rotatable bonds is 3. The van der Waals surface area contributed by atoms with Crippen molar-refractivity contribution in [2.24, 2.45) is 5.92 Å². The van der Waals surface area contributed by atoms with Gasteiger partial charge in [-0.2, -0.15) is 0 Å². The molecule has 2 aliphatic heterocycles. The Morgan fingerprint density at radius 3 is 2.91 bits per heavy atom. The van der Waals surface area contributed by atoms with Gasteiger partial charge in [0.05, 0.1) is 12.0 Å². The van der Waals surface area contributed by atoms with Crippen molar-refractivity contribution < 1.29 is 14.5 Å². The molecule has 0 aromatic heterocycles. The summed E-state index contributed by atoms with van der Waals surface area (Å²) in [6.45, 7) is 2.48. The topological polar surface area (TPSA) is 84.7 Å². The number of hydrogen-bond acceptors (Lipinski definition) is 5. The van der Waals surface area contributed by atoms with E-state index in [1.54, 1.807) is 0 Å². The maximum absolute atomic E-state index is 12.6. The van der Waals surface area contributed by atoms with Gasteiger partial charge < -0.3 is 15.0 Å². The molecule has 3 rings (SSSR count). The molecule has 23 heavy (non-hydrogen) atoms. The van der Waals surface area contributed by atoms with Crippen molar-refractivity contribution in [1.29, 1.82) is 0 Å². The number of nitro benzene ring substituents is 1. The monoisotopic (exact) mass is 341 g/mol. The number of hydrogen-bond donors (Lipinski definition) is 1. The molecule has 1 aromatic carbocycles. The first-order valence-corrected chi connectivity index (χ1v) is 7.45. The van der Waals surface area contributed by atoms with Crippen LogP contribution in [0, 0.1) is 16.0 Å². The minimum atomic E-state index is -0.511. The summed E-state index contributed by atoms with van der Waals surface area (Å²) in [6.07, 6.45) is 2.05. The fourth-order valence-corrected chi connectivity index (χ4v) is 3.38. The predicted octanol–water partition coefficient (Wildman–Crippen LogP) is 1.85. The minimum Gasteiger partial charge on any atom is -0.490 e. The molecule has 0 radical (unpaired) electrons. The molecule has 1 N–H and O–H groups in total. The molecule has 1 amide bonds. The number of fused-ring (bicyclic) bond motifs is 1. The molecule has 1 aromatic rings. The van der Waals surface area contributed by atoms with Gasteiger partial charge in [0.15, 0.2) is 5.75 Å². The van der Waals surface area contributed by atoms with Crippen molar-refractivity contribution in [3.63, 3.8) is 0 Å². The third-order valence-electron chi connectivity index (χ3n) is 4.57. The lowest BCUT2D eigenvalue weighted by Gasteiger charge is -2.34. The summed E-state index contributed by atoms with van der Waals surface area (Å²) in [5.74, 6) is 0.546. The molecule has 0 bridgehead atoms. The number of amides is 1. The molecule has 2 unspecified atom stereocenters. The van der Waals surface area contributed by atoms with Crippen LogP contribution in [0.15, 0.2) is 18.2 Å². The van der Waals surface area contributed by atoms with E-state index >= 15 is 0 Å². The Bertz CT molecular complexity index is 610. The van der Waals surface area contributed by atoms with Crippen molar-refractivity contribution in [3.8, 4) is 5.75 Å². The van der Waals surface area contributed by atoms with E-state index in [-0.39, 0.29) is 29.8 Å². The van der Waals surface area contributed by atoms with Gasteiger partial charge in [-0.1, -0.05) is 0 Å². The van der Waals surface area contributed by atoms with E-state index in [1.165, 1.54) is 25.3 Å². The zero-order valence-corrected chi connectivity index (χ0v) is 13.7. The van der Waals surface area contributed by atoms with Gasteiger partial charge in [0.2, 0.25) is 0 Å². The van der Waals surface area contributed by atoms with E-state index in [2.05, 4.69) is 5.32 Å². The Labute approximate surface area is 140 Å². The summed E-state index contributed by atoms with van der Waals surface area (Å²) in [7, 11) is 1.37. The highest BCUT2D eigenvalue weighted by atomic mass is 35.5. The van der Waals surface area contributed by atoms with E-state index < -0.39 is 4.92 Å². The molecule has 0 aliphatic carbocycles. The first-order chi connectivity index (χ1) is 10.6. The maximum atomic E-state index is 12.6. The molecular formula is C15H20ClN3O4. The summed E-state index contributed by atoms with van der Waals surface area (Å²) in [5.41, 5.74) is 0.310. The zero-order chi connectivity index (χ0) is 15.7. The van der Waals surface area contributed by atoms with E-state index in [0.717, 1.165) is 25.9 Å². The van der Waals surface area contributed by atoms with Crippen LogP contribution in [0.5, 0.6) is 5.75 Å². The van der Waals surface area contributed by atoms with Gasteiger partial charge in [-0.15, -0.1) is 12.4 Å². The number of nitrogens with zero attached hydrogens (tertiary/aromatic N) is 2. The summed E-state index contributed by atoms with van der Waals surface area (Å²) in [6, 6.07) is 4.81. The third-order valence-corrected chi connectivity index (χ3v) is 4.57. The predicted molar refractivity (Wildman–Crippen MR) is 87.3 cm³/mol. The Morgan fingerprint density at radius 1 is 1.43 bits per heavy atom. The van der Waals surface area contributed by atoms with Crippen molar-refractivity contribution >= 4 is 24.0 Å².